The van der Waals surface area contributed by atoms with Gasteiger partial charge in [-0.2, -0.15) is 0 Å². The summed E-state index contributed by atoms with van der Waals surface area (Å²) >= 11 is 0. The molecule has 1 spiro atoms. The molecule has 2 N–H and O–H groups in total. The first-order chi connectivity index (χ1) is 10.2. The van der Waals surface area contributed by atoms with Crippen LogP contribution in [-0.4, -0.2) is 38.4 Å². The van der Waals surface area contributed by atoms with Gasteiger partial charge in [0.15, 0.2) is 5.96 Å². The summed E-state index contributed by atoms with van der Waals surface area (Å²) in [4.78, 5) is 6.69. The number of anilines is 1. The number of aliphatic imine (C=N–C) groups is 1. The van der Waals surface area contributed by atoms with Crippen LogP contribution in [-0.2, 0) is 4.74 Å². The van der Waals surface area contributed by atoms with Gasteiger partial charge in [-0.25, -0.2) is 0 Å². The van der Waals surface area contributed by atoms with Crippen molar-refractivity contribution >= 4 is 11.6 Å². The molecule has 3 rings (SSSR count). The van der Waals surface area contributed by atoms with Crippen molar-refractivity contribution in [3.63, 3.8) is 0 Å². The molecule has 2 aliphatic rings. The van der Waals surface area contributed by atoms with Crippen molar-refractivity contribution in [3.05, 3.63) is 24.3 Å². The van der Waals surface area contributed by atoms with E-state index in [2.05, 4.69) is 9.89 Å². The van der Waals surface area contributed by atoms with E-state index in [0.29, 0.717) is 12.5 Å². The standard InChI is InChI=1S/C16H23N3O2/c1-20-13-8-6-12(7-9-13)19-15(17)18-11-16(19)10-4-3-5-14(16)21-2/h6-9,14H,3-5,10-11H2,1-2H3,(H2,17,18). The summed E-state index contributed by atoms with van der Waals surface area (Å²) in [5.41, 5.74) is 7.11. The fraction of sp³-hybridized carbons (Fsp3) is 0.562. The number of benzene rings is 1. The summed E-state index contributed by atoms with van der Waals surface area (Å²) in [7, 11) is 3.46. The molecule has 2 atom stereocenters. The molecule has 1 heterocycles. The van der Waals surface area contributed by atoms with Gasteiger partial charge in [-0.1, -0.05) is 12.8 Å². The molecule has 0 bridgehead atoms. The molecule has 114 valence electrons. The molecule has 1 saturated carbocycles. The van der Waals surface area contributed by atoms with E-state index >= 15 is 0 Å². The largest absolute Gasteiger partial charge is 0.497 e. The highest BCUT2D eigenvalue weighted by Crippen LogP contribution is 2.41. The van der Waals surface area contributed by atoms with Crippen molar-refractivity contribution in [1.29, 1.82) is 0 Å². The van der Waals surface area contributed by atoms with Gasteiger partial charge >= 0.3 is 0 Å². The molecule has 1 aromatic rings. The average molecular weight is 289 g/mol. The third-order valence-electron chi connectivity index (χ3n) is 4.73. The highest BCUT2D eigenvalue weighted by atomic mass is 16.5. The van der Waals surface area contributed by atoms with Crippen LogP contribution in [0.1, 0.15) is 25.7 Å². The number of hydrogen-bond acceptors (Lipinski definition) is 5. The average Bonchev–Trinajstić information content (AvgIpc) is 2.85. The number of nitrogens with zero attached hydrogens (tertiary/aromatic N) is 2. The lowest BCUT2D eigenvalue weighted by molar-refractivity contribution is 0.0144. The van der Waals surface area contributed by atoms with Crippen LogP contribution in [0, 0.1) is 0 Å². The maximum Gasteiger partial charge on any atom is 0.196 e. The second-order valence-corrected chi connectivity index (χ2v) is 5.78. The number of nitrogens with two attached hydrogens (primary N) is 1. The van der Waals surface area contributed by atoms with E-state index in [0.717, 1.165) is 24.3 Å². The van der Waals surface area contributed by atoms with E-state index < -0.39 is 0 Å². The summed E-state index contributed by atoms with van der Waals surface area (Å²) in [6, 6.07) is 7.99. The van der Waals surface area contributed by atoms with Crippen molar-refractivity contribution in [1.82, 2.24) is 0 Å². The van der Waals surface area contributed by atoms with Crippen molar-refractivity contribution in [2.45, 2.75) is 37.3 Å². The van der Waals surface area contributed by atoms with Crippen LogP contribution in [0.2, 0.25) is 0 Å². The molecule has 21 heavy (non-hydrogen) atoms. The highest BCUT2D eigenvalue weighted by molar-refractivity contribution is 5.98. The lowest BCUT2D eigenvalue weighted by Crippen LogP contribution is -2.61. The van der Waals surface area contributed by atoms with Gasteiger partial charge in [0.2, 0.25) is 0 Å². The van der Waals surface area contributed by atoms with Gasteiger partial charge in [0.1, 0.15) is 5.75 Å². The number of guanidine groups is 1. The van der Waals surface area contributed by atoms with Gasteiger partial charge < -0.3 is 20.1 Å². The van der Waals surface area contributed by atoms with E-state index in [4.69, 9.17) is 15.2 Å². The van der Waals surface area contributed by atoms with E-state index in [9.17, 15) is 0 Å². The first kappa shape index (κ1) is 14.2. The number of rotatable bonds is 3. The van der Waals surface area contributed by atoms with Crippen molar-refractivity contribution in [3.8, 4) is 5.75 Å². The minimum absolute atomic E-state index is 0.133. The smallest absolute Gasteiger partial charge is 0.196 e. The first-order valence-electron chi connectivity index (χ1n) is 7.48. The second kappa shape index (κ2) is 5.56. The van der Waals surface area contributed by atoms with Gasteiger partial charge in [0.05, 0.1) is 25.3 Å². The predicted molar refractivity (Wildman–Crippen MR) is 84.0 cm³/mol. The Kier molecular flexibility index (Phi) is 3.76. The third-order valence-corrected chi connectivity index (χ3v) is 4.73. The summed E-state index contributed by atoms with van der Waals surface area (Å²) in [6.07, 6.45) is 4.68. The molecular weight excluding hydrogens is 266 g/mol. The van der Waals surface area contributed by atoms with Crippen molar-refractivity contribution in [2.24, 2.45) is 10.7 Å². The molecule has 1 fully saturated rings. The minimum Gasteiger partial charge on any atom is -0.497 e. The van der Waals surface area contributed by atoms with Crippen LogP contribution < -0.4 is 15.4 Å². The molecule has 1 aromatic carbocycles. The van der Waals surface area contributed by atoms with E-state index in [1.165, 1.54) is 12.8 Å². The van der Waals surface area contributed by atoms with E-state index in [-0.39, 0.29) is 11.6 Å². The quantitative estimate of drug-likeness (QED) is 0.926. The Labute approximate surface area is 125 Å². The highest BCUT2D eigenvalue weighted by Gasteiger charge is 2.50. The molecule has 1 aliphatic carbocycles. The van der Waals surface area contributed by atoms with Gasteiger partial charge in [0.25, 0.3) is 0 Å². The molecule has 5 nitrogen and oxygen atoms in total. The van der Waals surface area contributed by atoms with E-state index in [1.54, 1.807) is 14.2 Å². The van der Waals surface area contributed by atoms with E-state index in [1.807, 2.05) is 24.3 Å². The normalized spacial score (nSPS) is 28.8. The summed E-state index contributed by atoms with van der Waals surface area (Å²) in [5, 5.41) is 0. The van der Waals surface area contributed by atoms with Gasteiger partial charge in [-0.05, 0) is 37.1 Å². The van der Waals surface area contributed by atoms with Crippen LogP contribution in [0.25, 0.3) is 0 Å². The minimum atomic E-state index is -0.133. The zero-order valence-corrected chi connectivity index (χ0v) is 12.7. The first-order valence-corrected chi connectivity index (χ1v) is 7.48. The molecule has 5 heteroatoms. The van der Waals surface area contributed by atoms with Crippen molar-refractivity contribution in [2.75, 3.05) is 25.7 Å². The Hall–Kier alpha value is -1.75. The van der Waals surface area contributed by atoms with Gasteiger partial charge in [-0.15, -0.1) is 0 Å². The molecule has 0 aromatic heterocycles. The second-order valence-electron chi connectivity index (χ2n) is 5.78. The molecule has 0 amide bonds. The number of hydrogen-bond donors (Lipinski definition) is 1. The van der Waals surface area contributed by atoms with Crippen LogP contribution in [0.3, 0.4) is 0 Å². The lowest BCUT2D eigenvalue weighted by atomic mass is 9.78. The molecule has 1 aliphatic heterocycles. The Balaban J connectivity index is 1.97. The van der Waals surface area contributed by atoms with Gasteiger partial charge in [-0.3, -0.25) is 4.99 Å². The lowest BCUT2D eigenvalue weighted by Gasteiger charge is -2.46. The van der Waals surface area contributed by atoms with Crippen LogP contribution >= 0.6 is 0 Å². The molecular formula is C16H23N3O2. The number of methoxy groups -OCH3 is 2. The summed E-state index contributed by atoms with van der Waals surface area (Å²) in [5.74, 6) is 1.43. The van der Waals surface area contributed by atoms with Crippen LogP contribution in [0.15, 0.2) is 29.3 Å². The maximum absolute atomic E-state index is 6.19. The topological polar surface area (TPSA) is 60.1 Å². The zero-order chi connectivity index (χ0) is 14.9. The number of ether oxygens (including phenoxy) is 2. The maximum atomic E-state index is 6.19. The summed E-state index contributed by atoms with van der Waals surface area (Å²) < 4.78 is 11.0. The molecule has 0 saturated heterocycles. The zero-order valence-electron chi connectivity index (χ0n) is 12.7. The third kappa shape index (κ3) is 2.25. The Morgan fingerprint density at radius 2 is 2.00 bits per heavy atom. The Bertz CT molecular complexity index is 529. The summed E-state index contributed by atoms with van der Waals surface area (Å²) in [6.45, 7) is 0.712. The molecule has 0 radical (unpaired) electrons. The fourth-order valence-electron chi connectivity index (χ4n) is 3.67. The fourth-order valence-corrected chi connectivity index (χ4v) is 3.67. The SMILES string of the molecule is COc1ccc(N2C(N)=NCC23CCCCC3OC)cc1. The van der Waals surface area contributed by atoms with Gasteiger partial charge in [0, 0.05) is 12.8 Å². The van der Waals surface area contributed by atoms with Crippen molar-refractivity contribution < 1.29 is 9.47 Å². The predicted octanol–water partition coefficient (Wildman–Crippen LogP) is 2.16. The Morgan fingerprint density at radius 1 is 1.24 bits per heavy atom. The Morgan fingerprint density at radius 3 is 2.67 bits per heavy atom. The van der Waals surface area contributed by atoms with Crippen LogP contribution in [0.4, 0.5) is 5.69 Å². The monoisotopic (exact) mass is 289 g/mol. The molecule has 2 unspecified atom stereocenters. The van der Waals surface area contributed by atoms with Crippen LogP contribution in [0.5, 0.6) is 5.75 Å².